The molecule has 1 aromatic rings. The van der Waals surface area contributed by atoms with E-state index < -0.39 is 0 Å². The first-order valence-electron chi connectivity index (χ1n) is 8.05. The Bertz CT molecular complexity index is 464. The van der Waals surface area contributed by atoms with Crippen LogP contribution in [0.2, 0.25) is 0 Å². The average molecular weight is 288 g/mol. The number of aryl methyl sites for hydroxylation is 3. The molecule has 1 N–H and O–H groups in total. The summed E-state index contributed by atoms with van der Waals surface area (Å²) in [7, 11) is 2.16. The van der Waals surface area contributed by atoms with Gasteiger partial charge in [-0.05, 0) is 58.2 Å². The van der Waals surface area contributed by atoms with Crippen LogP contribution in [0.15, 0.2) is 18.2 Å². The van der Waals surface area contributed by atoms with Gasteiger partial charge in [0.2, 0.25) is 5.91 Å². The Kier molecular flexibility index (Phi) is 5.80. The normalized spacial score (nSPS) is 19.5. The summed E-state index contributed by atoms with van der Waals surface area (Å²) in [5.41, 5.74) is 3.81. The lowest BCUT2D eigenvalue weighted by atomic mass is 9.98. The van der Waals surface area contributed by atoms with E-state index in [1.807, 2.05) is 0 Å². The van der Waals surface area contributed by atoms with Crippen LogP contribution in [-0.4, -0.2) is 37.5 Å². The van der Waals surface area contributed by atoms with Crippen LogP contribution in [-0.2, 0) is 11.2 Å². The molecule has 1 fully saturated rings. The SMILES string of the molecule is Cc1cc(C)cc(CCC(=O)NC[C@H]2CCCN(C)C2)c1. The van der Waals surface area contributed by atoms with E-state index in [1.165, 1.54) is 36.1 Å². The molecule has 1 aromatic carbocycles. The zero-order chi connectivity index (χ0) is 15.2. The molecule has 3 heteroatoms. The Labute approximate surface area is 128 Å². The van der Waals surface area contributed by atoms with E-state index in [9.17, 15) is 4.79 Å². The van der Waals surface area contributed by atoms with Crippen molar-refractivity contribution in [1.82, 2.24) is 10.2 Å². The number of amides is 1. The van der Waals surface area contributed by atoms with Crippen molar-refractivity contribution in [2.24, 2.45) is 5.92 Å². The summed E-state index contributed by atoms with van der Waals surface area (Å²) < 4.78 is 0. The van der Waals surface area contributed by atoms with Gasteiger partial charge in [0.1, 0.15) is 0 Å². The highest BCUT2D eigenvalue weighted by Gasteiger charge is 2.17. The number of rotatable bonds is 5. The molecule has 0 unspecified atom stereocenters. The third-order valence-electron chi connectivity index (χ3n) is 4.23. The number of nitrogens with one attached hydrogen (secondary N) is 1. The molecule has 0 aliphatic carbocycles. The second kappa shape index (κ2) is 7.60. The summed E-state index contributed by atoms with van der Waals surface area (Å²) in [6.45, 7) is 7.34. The van der Waals surface area contributed by atoms with Gasteiger partial charge in [-0.1, -0.05) is 29.3 Å². The molecule has 1 aliphatic heterocycles. The van der Waals surface area contributed by atoms with Crippen molar-refractivity contribution in [2.75, 3.05) is 26.7 Å². The van der Waals surface area contributed by atoms with Gasteiger partial charge in [0.05, 0.1) is 0 Å². The third-order valence-corrected chi connectivity index (χ3v) is 4.23. The fourth-order valence-corrected chi connectivity index (χ4v) is 3.26. The van der Waals surface area contributed by atoms with Gasteiger partial charge in [0, 0.05) is 19.5 Å². The number of carbonyl (C=O) groups is 1. The molecule has 1 heterocycles. The molecule has 21 heavy (non-hydrogen) atoms. The smallest absolute Gasteiger partial charge is 0.220 e. The average Bonchev–Trinajstić information content (AvgIpc) is 2.42. The summed E-state index contributed by atoms with van der Waals surface area (Å²) >= 11 is 0. The largest absolute Gasteiger partial charge is 0.356 e. The maximum atomic E-state index is 12.0. The van der Waals surface area contributed by atoms with Gasteiger partial charge in [0.15, 0.2) is 0 Å². The maximum Gasteiger partial charge on any atom is 0.220 e. The molecular weight excluding hydrogens is 260 g/mol. The first-order valence-corrected chi connectivity index (χ1v) is 8.05. The highest BCUT2D eigenvalue weighted by molar-refractivity contribution is 5.76. The molecule has 0 spiro atoms. The number of likely N-dealkylation sites (tertiary alicyclic amines) is 1. The zero-order valence-corrected chi connectivity index (χ0v) is 13.6. The summed E-state index contributed by atoms with van der Waals surface area (Å²) in [5.74, 6) is 0.802. The van der Waals surface area contributed by atoms with Crippen LogP contribution in [0.25, 0.3) is 0 Å². The molecule has 1 atom stereocenters. The zero-order valence-electron chi connectivity index (χ0n) is 13.6. The summed E-state index contributed by atoms with van der Waals surface area (Å²) in [6, 6.07) is 6.52. The Morgan fingerprint density at radius 2 is 2.00 bits per heavy atom. The van der Waals surface area contributed by atoms with Crippen molar-refractivity contribution < 1.29 is 4.79 Å². The second-order valence-electron chi connectivity index (χ2n) is 6.57. The Morgan fingerprint density at radius 1 is 1.29 bits per heavy atom. The molecule has 0 aromatic heterocycles. The van der Waals surface area contributed by atoms with Gasteiger partial charge in [-0.3, -0.25) is 4.79 Å². The summed E-state index contributed by atoms with van der Waals surface area (Å²) in [4.78, 5) is 14.3. The number of hydrogen-bond donors (Lipinski definition) is 1. The van der Waals surface area contributed by atoms with E-state index in [0.29, 0.717) is 12.3 Å². The molecule has 1 aliphatic rings. The van der Waals surface area contributed by atoms with Gasteiger partial charge in [-0.15, -0.1) is 0 Å². The van der Waals surface area contributed by atoms with Gasteiger partial charge >= 0.3 is 0 Å². The second-order valence-corrected chi connectivity index (χ2v) is 6.57. The molecule has 1 amide bonds. The predicted molar refractivity (Wildman–Crippen MR) is 87.5 cm³/mol. The highest BCUT2D eigenvalue weighted by atomic mass is 16.1. The van der Waals surface area contributed by atoms with E-state index in [0.717, 1.165) is 19.5 Å². The van der Waals surface area contributed by atoms with Crippen molar-refractivity contribution in [3.05, 3.63) is 34.9 Å². The van der Waals surface area contributed by atoms with Crippen molar-refractivity contribution in [3.8, 4) is 0 Å². The lowest BCUT2D eigenvalue weighted by Gasteiger charge is -2.29. The summed E-state index contributed by atoms with van der Waals surface area (Å²) in [5, 5.41) is 3.11. The minimum atomic E-state index is 0.183. The number of benzene rings is 1. The third kappa shape index (κ3) is 5.50. The molecule has 2 rings (SSSR count). The van der Waals surface area contributed by atoms with Crippen LogP contribution in [0, 0.1) is 19.8 Å². The Morgan fingerprint density at radius 3 is 2.67 bits per heavy atom. The quantitative estimate of drug-likeness (QED) is 0.903. The van der Waals surface area contributed by atoms with Gasteiger partial charge in [-0.25, -0.2) is 0 Å². The molecular formula is C18H28N2O. The topological polar surface area (TPSA) is 32.3 Å². The molecule has 0 saturated carbocycles. The van der Waals surface area contributed by atoms with Crippen LogP contribution in [0.5, 0.6) is 0 Å². The highest BCUT2D eigenvalue weighted by Crippen LogP contribution is 2.14. The number of hydrogen-bond acceptors (Lipinski definition) is 2. The molecule has 0 bridgehead atoms. The first kappa shape index (κ1) is 16.0. The fourth-order valence-electron chi connectivity index (χ4n) is 3.26. The van der Waals surface area contributed by atoms with Crippen LogP contribution in [0.4, 0.5) is 0 Å². The summed E-state index contributed by atoms with van der Waals surface area (Å²) in [6.07, 6.45) is 3.91. The van der Waals surface area contributed by atoms with Crippen molar-refractivity contribution >= 4 is 5.91 Å². The van der Waals surface area contributed by atoms with E-state index in [2.05, 4.69) is 49.3 Å². The lowest BCUT2D eigenvalue weighted by molar-refractivity contribution is -0.121. The number of piperidine rings is 1. The maximum absolute atomic E-state index is 12.0. The van der Waals surface area contributed by atoms with Crippen LogP contribution in [0.3, 0.4) is 0 Å². The van der Waals surface area contributed by atoms with Crippen molar-refractivity contribution in [1.29, 1.82) is 0 Å². The van der Waals surface area contributed by atoms with E-state index in [-0.39, 0.29) is 5.91 Å². The Balaban J connectivity index is 1.72. The number of nitrogens with zero attached hydrogens (tertiary/aromatic N) is 1. The van der Waals surface area contributed by atoms with E-state index >= 15 is 0 Å². The van der Waals surface area contributed by atoms with Crippen molar-refractivity contribution in [3.63, 3.8) is 0 Å². The van der Waals surface area contributed by atoms with Gasteiger partial charge < -0.3 is 10.2 Å². The minimum absolute atomic E-state index is 0.183. The predicted octanol–water partition coefficient (Wildman–Crippen LogP) is 2.69. The fraction of sp³-hybridized carbons (Fsp3) is 0.611. The monoisotopic (exact) mass is 288 g/mol. The van der Waals surface area contributed by atoms with E-state index in [1.54, 1.807) is 0 Å². The van der Waals surface area contributed by atoms with Gasteiger partial charge in [-0.2, -0.15) is 0 Å². The molecule has 1 saturated heterocycles. The van der Waals surface area contributed by atoms with Gasteiger partial charge in [0.25, 0.3) is 0 Å². The molecule has 116 valence electrons. The minimum Gasteiger partial charge on any atom is -0.356 e. The van der Waals surface area contributed by atoms with Crippen LogP contribution in [0.1, 0.15) is 36.0 Å². The first-order chi connectivity index (χ1) is 10.0. The van der Waals surface area contributed by atoms with Crippen LogP contribution < -0.4 is 5.32 Å². The molecule has 3 nitrogen and oxygen atoms in total. The van der Waals surface area contributed by atoms with E-state index in [4.69, 9.17) is 0 Å². The number of carbonyl (C=O) groups excluding carboxylic acids is 1. The van der Waals surface area contributed by atoms with Crippen molar-refractivity contribution in [2.45, 2.75) is 39.5 Å². The molecule has 0 radical (unpaired) electrons. The van der Waals surface area contributed by atoms with Crippen LogP contribution >= 0.6 is 0 Å². The lowest BCUT2D eigenvalue weighted by Crippen LogP contribution is -2.39. The Hall–Kier alpha value is -1.35. The standard InChI is InChI=1S/C18H28N2O/c1-14-9-15(2)11-16(10-14)6-7-18(21)19-12-17-5-4-8-20(3)13-17/h9-11,17H,4-8,12-13H2,1-3H3,(H,19,21)/t17-/m1/s1.